The molecule has 1 nitrogen and oxygen atoms in total. The monoisotopic (exact) mass is 242 g/mol. The Morgan fingerprint density at radius 2 is 1.93 bits per heavy atom. The number of hydrogen-bond donors (Lipinski definition) is 0. The Bertz CT molecular complexity index is 253. The minimum absolute atomic E-state index is 0.384. The van der Waals surface area contributed by atoms with Crippen molar-refractivity contribution >= 4 is 25.2 Å². The van der Waals surface area contributed by atoms with Crippen molar-refractivity contribution in [2.75, 3.05) is 24.3 Å². The van der Waals surface area contributed by atoms with Gasteiger partial charge in [0.25, 0.3) is 0 Å². The van der Waals surface area contributed by atoms with Crippen LogP contribution in [0.3, 0.4) is 0 Å². The summed E-state index contributed by atoms with van der Waals surface area (Å²) in [6, 6.07) is 10.6. The van der Waals surface area contributed by atoms with E-state index in [9.17, 15) is 0 Å². The fourth-order valence-corrected chi connectivity index (χ4v) is 3.42. The predicted octanol–water partition coefficient (Wildman–Crippen LogP) is 3.50. The van der Waals surface area contributed by atoms with Crippen LogP contribution in [0.1, 0.15) is 13.8 Å². The van der Waals surface area contributed by atoms with Gasteiger partial charge < -0.3 is 4.52 Å². The van der Waals surface area contributed by atoms with Gasteiger partial charge in [-0.25, -0.2) is 0 Å². The van der Waals surface area contributed by atoms with Gasteiger partial charge in [0.2, 0.25) is 0 Å². The van der Waals surface area contributed by atoms with Crippen LogP contribution in [0, 0.1) is 0 Å². The largest absolute Gasteiger partial charge is 0.354 e. The van der Waals surface area contributed by atoms with E-state index in [4.69, 9.17) is 4.52 Å². The number of benzene rings is 1. The van der Waals surface area contributed by atoms with Gasteiger partial charge in [-0.3, -0.25) is 0 Å². The molecule has 0 aromatic heterocycles. The van der Waals surface area contributed by atoms with Crippen LogP contribution in [0.2, 0.25) is 0 Å². The van der Waals surface area contributed by atoms with E-state index in [1.165, 1.54) is 11.1 Å². The zero-order valence-corrected chi connectivity index (χ0v) is 11.2. The molecule has 3 heteroatoms. The molecular formula is C12H19OPS. The van der Waals surface area contributed by atoms with Crippen molar-refractivity contribution in [3.63, 3.8) is 0 Å². The van der Waals surface area contributed by atoms with E-state index in [2.05, 4.69) is 44.2 Å². The van der Waals surface area contributed by atoms with Crippen molar-refractivity contribution in [1.82, 2.24) is 0 Å². The molecule has 15 heavy (non-hydrogen) atoms. The van der Waals surface area contributed by atoms with Gasteiger partial charge in [-0.1, -0.05) is 44.2 Å². The lowest BCUT2D eigenvalue weighted by Gasteiger charge is -2.15. The summed E-state index contributed by atoms with van der Waals surface area (Å²) >= 11 is 1.94. The topological polar surface area (TPSA) is 9.23 Å². The summed E-state index contributed by atoms with van der Waals surface area (Å²) in [6.07, 6.45) is 1.11. The van der Waals surface area contributed by atoms with Crippen LogP contribution in [-0.4, -0.2) is 24.3 Å². The van der Waals surface area contributed by atoms with Crippen LogP contribution in [0.15, 0.2) is 30.3 Å². The summed E-state index contributed by atoms with van der Waals surface area (Å²) in [5.41, 5.74) is 0. The number of rotatable bonds is 7. The molecule has 0 saturated carbocycles. The molecule has 0 saturated heterocycles. The Hall–Kier alpha value is -0.0400. The maximum atomic E-state index is 5.92. The van der Waals surface area contributed by atoms with Crippen LogP contribution in [0.25, 0.3) is 0 Å². The lowest BCUT2D eigenvalue weighted by atomic mass is 10.4. The van der Waals surface area contributed by atoms with Gasteiger partial charge in [0.05, 0.1) is 14.8 Å². The standard InChI is InChI=1S/C12H19OPS/c1-3-14(13-10-11-15-4-2)12-8-6-5-7-9-12/h5-9H,3-4,10-11H2,1-2H3. The molecule has 0 bridgehead atoms. The van der Waals surface area contributed by atoms with Gasteiger partial charge in [0, 0.05) is 11.1 Å². The minimum atomic E-state index is -0.384. The smallest absolute Gasteiger partial charge is 0.0604 e. The van der Waals surface area contributed by atoms with E-state index in [1.807, 2.05) is 11.8 Å². The van der Waals surface area contributed by atoms with Gasteiger partial charge in [-0.05, 0) is 11.9 Å². The van der Waals surface area contributed by atoms with E-state index >= 15 is 0 Å². The van der Waals surface area contributed by atoms with Crippen molar-refractivity contribution in [2.24, 2.45) is 0 Å². The van der Waals surface area contributed by atoms with Gasteiger partial charge >= 0.3 is 0 Å². The highest BCUT2D eigenvalue weighted by Crippen LogP contribution is 2.34. The van der Waals surface area contributed by atoms with Gasteiger partial charge in [0.15, 0.2) is 0 Å². The average Bonchev–Trinajstić information content (AvgIpc) is 2.30. The van der Waals surface area contributed by atoms with E-state index in [-0.39, 0.29) is 8.15 Å². The fourth-order valence-electron chi connectivity index (χ4n) is 1.29. The Morgan fingerprint density at radius 1 is 1.20 bits per heavy atom. The third-order valence-corrected chi connectivity index (χ3v) is 4.82. The first-order chi connectivity index (χ1) is 7.38. The zero-order valence-electron chi connectivity index (χ0n) is 9.48. The molecule has 1 atom stereocenters. The lowest BCUT2D eigenvalue weighted by Crippen LogP contribution is -2.06. The van der Waals surface area contributed by atoms with Crippen molar-refractivity contribution in [3.8, 4) is 0 Å². The first-order valence-corrected chi connectivity index (χ1v) is 8.01. The quantitative estimate of drug-likeness (QED) is 0.534. The maximum absolute atomic E-state index is 5.92. The molecular weight excluding hydrogens is 223 g/mol. The summed E-state index contributed by atoms with van der Waals surface area (Å²) in [5, 5.41) is 1.36. The van der Waals surface area contributed by atoms with Crippen LogP contribution in [0.4, 0.5) is 0 Å². The molecule has 0 amide bonds. The van der Waals surface area contributed by atoms with Crippen LogP contribution < -0.4 is 5.30 Å². The third-order valence-electron chi connectivity index (χ3n) is 2.01. The highest BCUT2D eigenvalue weighted by molar-refractivity contribution is 7.99. The van der Waals surface area contributed by atoms with E-state index in [0.29, 0.717) is 0 Å². The lowest BCUT2D eigenvalue weighted by molar-refractivity contribution is 0.387. The Balaban J connectivity index is 2.36. The molecule has 0 aliphatic rings. The van der Waals surface area contributed by atoms with Crippen molar-refractivity contribution in [1.29, 1.82) is 0 Å². The first kappa shape index (κ1) is 13.0. The van der Waals surface area contributed by atoms with Gasteiger partial charge in [-0.15, -0.1) is 0 Å². The first-order valence-electron chi connectivity index (χ1n) is 5.41. The molecule has 0 N–H and O–H groups in total. The normalized spacial score (nSPS) is 12.7. The second-order valence-corrected chi connectivity index (χ2v) is 6.62. The van der Waals surface area contributed by atoms with E-state index in [0.717, 1.165) is 18.5 Å². The summed E-state index contributed by atoms with van der Waals surface area (Å²) in [7, 11) is -0.384. The molecule has 0 aliphatic heterocycles. The van der Waals surface area contributed by atoms with E-state index < -0.39 is 0 Å². The second kappa shape index (κ2) is 8.15. The molecule has 1 unspecified atom stereocenters. The van der Waals surface area contributed by atoms with Crippen molar-refractivity contribution in [3.05, 3.63) is 30.3 Å². The Labute approximate surface area is 98.4 Å². The zero-order chi connectivity index (χ0) is 10.9. The number of hydrogen-bond acceptors (Lipinski definition) is 2. The van der Waals surface area contributed by atoms with Crippen LogP contribution >= 0.6 is 19.9 Å². The average molecular weight is 242 g/mol. The minimum Gasteiger partial charge on any atom is -0.354 e. The highest BCUT2D eigenvalue weighted by atomic mass is 32.2. The molecule has 1 rings (SSSR count). The molecule has 0 heterocycles. The van der Waals surface area contributed by atoms with Crippen LogP contribution in [0.5, 0.6) is 0 Å². The molecule has 0 radical (unpaired) electrons. The molecule has 0 aliphatic carbocycles. The predicted molar refractivity (Wildman–Crippen MR) is 72.5 cm³/mol. The van der Waals surface area contributed by atoms with Crippen molar-refractivity contribution < 1.29 is 4.52 Å². The van der Waals surface area contributed by atoms with Crippen molar-refractivity contribution in [2.45, 2.75) is 13.8 Å². The summed E-state index contributed by atoms with van der Waals surface area (Å²) in [4.78, 5) is 0. The Morgan fingerprint density at radius 3 is 2.53 bits per heavy atom. The van der Waals surface area contributed by atoms with Gasteiger partial charge in [-0.2, -0.15) is 11.8 Å². The van der Waals surface area contributed by atoms with E-state index in [1.54, 1.807) is 0 Å². The summed E-state index contributed by atoms with van der Waals surface area (Å²) < 4.78 is 5.92. The fraction of sp³-hybridized carbons (Fsp3) is 0.500. The molecule has 0 fully saturated rings. The summed E-state index contributed by atoms with van der Waals surface area (Å²) in [6.45, 7) is 5.27. The molecule has 1 aromatic carbocycles. The molecule has 1 aromatic rings. The SMILES string of the molecule is CCSCCOP(CC)c1ccccc1. The van der Waals surface area contributed by atoms with Gasteiger partial charge in [0.1, 0.15) is 0 Å². The number of thioether (sulfide) groups is 1. The maximum Gasteiger partial charge on any atom is 0.0604 e. The summed E-state index contributed by atoms with van der Waals surface area (Å²) in [5.74, 6) is 2.29. The van der Waals surface area contributed by atoms with Crippen LogP contribution in [-0.2, 0) is 4.52 Å². The molecule has 84 valence electrons. The highest BCUT2D eigenvalue weighted by Gasteiger charge is 2.08. The third kappa shape index (κ3) is 5.01. The Kier molecular flexibility index (Phi) is 7.08. The second-order valence-electron chi connectivity index (χ2n) is 3.06. The molecule has 0 spiro atoms.